The molecule has 4 nitrogen and oxygen atoms in total. The van der Waals surface area contributed by atoms with Crippen LogP contribution in [0.25, 0.3) is 0 Å². The first-order valence-corrected chi connectivity index (χ1v) is 8.77. The molecule has 25 heavy (non-hydrogen) atoms. The lowest BCUT2D eigenvalue weighted by molar-refractivity contribution is -0.484. The van der Waals surface area contributed by atoms with Gasteiger partial charge >= 0.3 is 0 Å². The Hall–Kier alpha value is -2.20. The number of rotatable bonds is 4. The number of nitro groups is 1. The molecule has 0 spiro atoms. The number of ketones is 1. The minimum Gasteiger partial charge on any atom is -0.299 e. The van der Waals surface area contributed by atoms with Gasteiger partial charge in [0.2, 0.25) is 6.54 Å². The van der Waals surface area contributed by atoms with Crippen molar-refractivity contribution in [1.82, 2.24) is 0 Å². The van der Waals surface area contributed by atoms with Crippen molar-refractivity contribution in [3.63, 3.8) is 0 Å². The minimum atomic E-state index is -0.342. The fourth-order valence-electron chi connectivity index (χ4n) is 3.14. The molecule has 0 N–H and O–H groups in total. The second-order valence-corrected chi connectivity index (χ2v) is 6.73. The number of hydrogen-bond donors (Lipinski definition) is 0. The van der Waals surface area contributed by atoms with Crippen molar-refractivity contribution in [1.29, 1.82) is 0 Å². The highest BCUT2D eigenvalue weighted by molar-refractivity contribution is 6.30. The van der Waals surface area contributed by atoms with Gasteiger partial charge in [0.15, 0.2) is 0 Å². The topological polar surface area (TPSA) is 60.2 Å². The van der Waals surface area contributed by atoms with Crippen LogP contribution in [-0.2, 0) is 4.79 Å². The fraction of sp³-hybridized carbons (Fsp3) is 0.350. The maximum absolute atomic E-state index is 11.8. The van der Waals surface area contributed by atoms with Crippen LogP contribution in [0.15, 0.2) is 54.6 Å². The summed E-state index contributed by atoms with van der Waals surface area (Å²) < 4.78 is 0. The van der Waals surface area contributed by atoms with Crippen molar-refractivity contribution < 1.29 is 9.72 Å². The molecule has 3 rings (SSSR count). The average molecular weight is 360 g/mol. The van der Waals surface area contributed by atoms with E-state index in [-0.39, 0.29) is 29.1 Å². The predicted octanol–water partition coefficient (Wildman–Crippen LogP) is 5.06. The van der Waals surface area contributed by atoms with Gasteiger partial charge in [-0.1, -0.05) is 59.6 Å². The van der Waals surface area contributed by atoms with Crippen LogP contribution in [-0.4, -0.2) is 17.3 Å². The zero-order valence-corrected chi connectivity index (χ0v) is 15.0. The summed E-state index contributed by atoms with van der Waals surface area (Å²) in [6.07, 6.45) is 2.14. The lowest BCUT2D eigenvalue weighted by Gasteiger charge is -2.19. The lowest BCUT2D eigenvalue weighted by Crippen LogP contribution is -2.24. The smallest absolute Gasteiger partial charge is 0.211 e. The Morgan fingerprint density at radius 3 is 2.24 bits per heavy atom. The van der Waals surface area contributed by atoms with E-state index in [4.69, 9.17) is 11.6 Å². The zero-order chi connectivity index (χ0) is 18.2. The number of benzene rings is 2. The van der Waals surface area contributed by atoms with E-state index in [1.54, 1.807) is 24.3 Å². The molecular formula is C20H22ClNO3. The minimum absolute atomic E-state index is 0.150. The van der Waals surface area contributed by atoms with Crippen LogP contribution in [0.4, 0.5) is 0 Å². The van der Waals surface area contributed by atoms with Crippen molar-refractivity contribution in [2.75, 3.05) is 6.54 Å². The molecule has 1 aliphatic carbocycles. The summed E-state index contributed by atoms with van der Waals surface area (Å²) in [5, 5.41) is 11.4. The van der Waals surface area contributed by atoms with Gasteiger partial charge in [-0.2, -0.15) is 0 Å². The van der Waals surface area contributed by atoms with Crippen molar-refractivity contribution in [3.8, 4) is 0 Å². The molecule has 2 atom stereocenters. The molecule has 1 aliphatic rings. The summed E-state index contributed by atoms with van der Waals surface area (Å²) in [5.74, 6) is -0.388. The van der Waals surface area contributed by atoms with Crippen molar-refractivity contribution in [2.24, 2.45) is 5.92 Å². The Balaban J connectivity index is 0.000000269. The molecule has 2 aromatic rings. The van der Waals surface area contributed by atoms with Crippen molar-refractivity contribution in [3.05, 3.63) is 80.9 Å². The summed E-state index contributed by atoms with van der Waals surface area (Å²) in [6.45, 7) is 1.89. The van der Waals surface area contributed by atoms with Crippen LogP contribution in [0, 0.1) is 23.0 Å². The van der Waals surface area contributed by atoms with Gasteiger partial charge in [0.25, 0.3) is 0 Å². The van der Waals surface area contributed by atoms with E-state index in [0.717, 1.165) is 18.4 Å². The first-order valence-electron chi connectivity index (χ1n) is 8.39. The Kier molecular flexibility index (Phi) is 7.14. The third-order valence-corrected chi connectivity index (χ3v) is 4.67. The van der Waals surface area contributed by atoms with E-state index >= 15 is 0 Å². The van der Waals surface area contributed by atoms with Gasteiger partial charge in [0, 0.05) is 22.3 Å². The van der Waals surface area contributed by atoms with Gasteiger partial charge in [-0.05, 0) is 37.5 Å². The number of carbonyl (C=O) groups excluding carboxylic acids is 1. The van der Waals surface area contributed by atoms with Crippen LogP contribution in [0.2, 0.25) is 5.02 Å². The Morgan fingerprint density at radius 1 is 1.16 bits per heavy atom. The van der Waals surface area contributed by atoms with Crippen LogP contribution < -0.4 is 0 Å². The van der Waals surface area contributed by atoms with Gasteiger partial charge in [0.1, 0.15) is 5.78 Å². The largest absolute Gasteiger partial charge is 0.299 e. The number of aryl methyl sites for hydroxylation is 1. The van der Waals surface area contributed by atoms with E-state index in [2.05, 4.69) is 19.1 Å². The number of carbonyl (C=O) groups is 1. The molecule has 0 radical (unpaired) electrons. The van der Waals surface area contributed by atoms with Crippen molar-refractivity contribution >= 4 is 17.4 Å². The molecular weight excluding hydrogens is 338 g/mol. The number of nitrogens with zero attached hydrogens (tertiary/aromatic N) is 1. The number of halogens is 1. The molecule has 0 aromatic heterocycles. The molecule has 2 aromatic carbocycles. The molecule has 1 fully saturated rings. The molecule has 0 saturated heterocycles. The summed E-state index contributed by atoms with van der Waals surface area (Å²) in [5.41, 5.74) is 2.15. The highest BCUT2D eigenvalue weighted by atomic mass is 35.5. The molecule has 0 aliphatic heterocycles. The molecule has 0 bridgehead atoms. The third-order valence-electron chi connectivity index (χ3n) is 4.42. The van der Waals surface area contributed by atoms with Crippen molar-refractivity contribution in [2.45, 2.75) is 32.1 Å². The van der Waals surface area contributed by atoms with Gasteiger partial charge in [-0.3, -0.25) is 14.9 Å². The predicted molar refractivity (Wildman–Crippen MR) is 99.6 cm³/mol. The molecule has 1 saturated carbocycles. The van der Waals surface area contributed by atoms with Crippen LogP contribution in [0.5, 0.6) is 0 Å². The highest BCUT2D eigenvalue weighted by Gasteiger charge is 2.35. The number of hydrogen-bond acceptors (Lipinski definition) is 3. The van der Waals surface area contributed by atoms with E-state index < -0.39 is 0 Å². The van der Waals surface area contributed by atoms with Crippen LogP contribution in [0.3, 0.4) is 0 Å². The first-order chi connectivity index (χ1) is 12.0. The number of Topliss-reactive ketones (excluding diaryl/α,β-unsaturated/α-hetero) is 1. The highest BCUT2D eigenvalue weighted by Crippen LogP contribution is 2.35. The fourth-order valence-corrected chi connectivity index (χ4v) is 3.26. The van der Waals surface area contributed by atoms with E-state index in [0.29, 0.717) is 11.4 Å². The molecule has 132 valence electrons. The molecule has 2 unspecified atom stereocenters. The summed E-state index contributed by atoms with van der Waals surface area (Å²) in [4.78, 5) is 22.2. The van der Waals surface area contributed by atoms with E-state index in [1.807, 2.05) is 18.2 Å². The SMILES string of the molecule is Cc1ccccc1.O=C1CCCC1C(C[N+](=O)[O-])c1ccc(Cl)cc1. The van der Waals surface area contributed by atoms with Crippen LogP contribution in [0.1, 0.15) is 36.3 Å². The first kappa shape index (κ1) is 19.1. The second kappa shape index (κ2) is 9.33. The normalized spacial score (nSPS) is 17.5. The average Bonchev–Trinajstić information content (AvgIpc) is 3.00. The second-order valence-electron chi connectivity index (χ2n) is 6.29. The molecule has 0 amide bonds. The maximum atomic E-state index is 11.8. The molecule has 0 heterocycles. The third kappa shape index (κ3) is 5.98. The zero-order valence-electron chi connectivity index (χ0n) is 14.2. The lowest BCUT2D eigenvalue weighted by atomic mass is 9.84. The van der Waals surface area contributed by atoms with Crippen LogP contribution >= 0.6 is 11.6 Å². The summed E-state index contributed by atoms with van der Waals surface area (Å²) in [7, 11) is 0. The Morgan fingerprint density at radius 2 is 1.80 bits per heavy atom. The summed E-state index contributed by atoms with van der Waals surface area (Å²) in [6, 6.07) is 17.2. The summed E-state index contributed by atoms with van der Waals surface area (Å²) >= 11 is 5.81. The van der Waals surface area contributed by atoms with Gasteiger partial charge < -0.3 is 0 Å². The maximum Gasteiger partial charge on any atom is 0.211 e. The van der Waals surface area contributed by atoms with Gasteiger partial charge in [-0.15, -0.1) is 0 Å². The van der Waals surface area contributed by atoms with Gasteiger partial charge in [-0.25, -0.2) is 0 Å². The standard InChI is InChI=1S/C13H14ClNO3.C7H8/c14-10-6-4-9(5-7-10)12(8-15(17)18)11-2-1-3-13(11)16;1-7-5-3-2-4-6-7/h4-7,11-12H,1-3,8H2;2-6H,1H3. The monoisotopic (exact) mass is 359 g/mol. The Bertz CT molecular complexity index is 701. The van der Waals surface area contributed by atoms with Gasteiger partial charge in [0.05, 0.1) is 5.92 Å². The molecule has 5 heteroatoms. The Labute approximate surface area is 153 Å². The van der Waals surface area contributed by atoms with E-state index in [9.17, 15) is 14.9 Å². The quantitative estimate of drug-likeness (QED) is 0.566. The van der Waals surface area contributed by atoms with E-state index in [1.165, 1.54) is 5.56 Å².